The maximum Gasteiger partial charge on any atom is 0.180 e. The number of hydrogen-bond donors (Lipinski definition) is 1. The van der Waals surface area contributed by atoms with Crippen molar-refractivity contribution in [2.45, 2.75) is 26.7 Å². The van der Waals surface area contributed by atoms with Gasteiger partial charge >= 0.3 is 0 Å². The Morgan fingerprint density at radius 3 is 2.78 bits per heavy atom. The fourth-order valence-electron chi connectivity index (χ4n) is 1.84. The van der Waals surface area contributed by atoms with Crippen molar-refractivity contribution in [1.29, 1.82) is 0 Å². The molecule has 0 atom stereocenters. The first kappa shape index (κ1) is 12.5. The zero-order valence-corrected chi connectivity index (χ0v) is 11.1. The van der Waals surface area contributed by atoms with E-state index >= 15 is 0 Å². The van der Waals surface area contributed by atoms with Crippen LogP contribution in [-0.2, 0) is 6.42 Å². The molecule has 0 fully saturated rings. The lowest BCUT2D eigenvalue weighted by molar-refractivity contribution is 0.874. The minimum Gasteiger partial charge on any atom is -0.373 e. The van der Waals surface area contributed by atoms with Crippen molar-refractivity contribution in [3.63, 3.8) is 0 Å². The quantitative estimate of drug-likeness (QED) is 0.895. The highest BCUT2D eigenvalue weighted by molar-refractivity contribution is 5.56. The summed E-state index contributed by atoms with van der Waals surface area (Å²) in [6.07, 6.45) is 3.80. The monoisotopic (exact) mass is 242 g/mol. The average Bonchev–Trinajstić information content (AvgIpc) is 2.39. The Balaban J connectivity index is 2.50. The third-order valence-corrected chi connectivity index (χ3v) is 2.76. The van der Waals surface area contributed by atoms with E-state index < -0.39 is 0 Å². The van der Waals surface area contributed by atoms with E-state index in [2.05, 4.69) is 27.2 Å². The molecule has 2 rings (SSSR count). The summed E-state index contributed by atoms with van der Waals surface area (Å²) >= 11 is 0. The molecule has 0 aromatic carbocycles. The normalized spacial score (nSPS) is 10.4. The number of nitrogens with one attached hydrogen (secondary N) is 1. The van der Waals surface area contributed by atoms with Gasteiger partial charge in [-0.25, -0.2) is 9.97 Å². The largest absolute Gasteiger partial charge is 0.373 e. The fourth-order valence-corrected chi connectivity index (χ4v) is 1.84. The van der Waals surface area contributed by atoms with Gasteiger partial charge in [0.15, 0.2) is 5.82 Å². The first-order chi connectivity index (χ1) is 8.74. The van der Waals surface area contributed by atoms with Crippen LogP contribution in [0.3, 0.4) is 0 Å². The number of hydrogen-bond acceptors (Lipinski definition) is 4. The Kier molecular flexibility index (Phi) is 3.87. The summed E-state index contributed by atoms with van der Waals surface area (Å²) in [5.41, 5.74) is 3.00. The molecule has 0 aliphatic carbocycles. The summed E-state index contributed by atoms with van der Waals surface area (Å²) in [5.74, 6) is 1.54. The molecule has 0 amide bonds. The Hall–Kier alpha value is -1.97. The minimum atomic E-state index is 0.698. The van der Waals surface area contributed by atoms with E-state index in [1.54, 1.807) is 6.20 Å². The summed E-state index contributed by atoms with van der Waals surface area (Å²) in [7, 11) is 1.87. The molecule has 2 aromatic heterocycles. The molecule has 0 spiro atoms. The molecule has 0 bridgehead atoms. The van der Waals surface area contributed by atoms with Gasteiger partial charge in [0.1, 0.15) is 11.5 Å². The van der Waals surface area contributed by atoms with Crippen molar-refractivity contribution in [2.75, 3.05) is 12.4 Å². The molecule has 0 aliphatic heterocycles. The van der Waals surface area contributed by atoms with E-state index in [0.717, 1.165) is 35.6 Å². The lowest BCUT2D eigenvalue weighted by Crippen LogP contribution is -2.02. The molecule has 1 N–H and O–H groups in total. The SMILES string of the molecule is CCCc1cc(NC)nc(-c2ncccc2C)n1. The van der Waals surface area contributed by atoms with Gasteiger partial charge in [0, 0.05) is 25.0 Å². The van der Waals surface area contributed by atoms with Crippen molar-refractivity contribution in [2.24, 2.45) is 0 Å². The van der Waals surface area contributed by atoms with Crippen LogP contribution in [-0.4, -0.2) is 22.0 Å². The Morgan fingerprint density at radius 2 is 2.11 bits per heavy atom. The molecule has 0 unspecified atom stereocenters. The van der Waals surface area contributed by atoms with Crippen LogP contribution >= 0.6 is 0 Å². The zero-order chi connectivity index (χ0) is 13.0. The van der Waals surface area contributed by atoms with Gasteiger partial charge in [-0.3, -0.25) is 4.98 Å². The molecule has 0 aliphatic rings. The van der Waals surface area contributed by atoms with Gasteiger partial charge in [-0.2, -0.15) is 0 Å². The van der Waals surface area contributed by atoms with Crippen LogP contribution in [0.2, 0.25) is 0 Å². The van der Waals surface area contributed by atoms with Crippen LogP contribution < -0.4 is 5.32 Å². The number of anilines is 1. The highest BCUT2D eigenvalue weighted by Crippen LogP contribution is 2.19. The molecule has 2 heterocycles. The molecule has 94 valence electrons. The van der Waals surface area contributed by atoms with E-state index in [9.17, 15) is 0 Å². The van der Waals surface area contributed by atoms with Crippen molar-refractivity contribution in [3.8, 4) is 11.5 Å². The molecule has 4 heteroatoms. The van der Waals surface area contributed by atoms with Gasteiger partial charge < -0.3 is 5.32 Å². The molecule has 0 radical (unpaired) electrons. The number of aromatic nitrogens is 3. The van der Waals surface area contributed by atoms with Crippen molar-refractivity contribution >= 4 is 5.82 Å². The van der Waals surface area contributed by atoms with Crippen LogP contribution in [0.15, 0.2) is 24.4 Å². The van der Waals surface area contributed by atoms with Gasteiger partial charge in [0.2, 0.25) is 0 Å². The topological polar surface area (TPSA) is 50.7 Å². The minimum absolute atomic E-state index is 0.698. The van der Waals surface area contributed by atoms with E-state index in [0.29, 0.717) is 5.82 Å². The van der Waals surface area contributed by atoms with Crippen molar-refractivity contribution in [3.05, 3.63) is 35.7 Å². The standard InChI is InChI=1S/C14H18N4/c1-4-6-11-9-12(15-3)18-14(17-11)13-10(2)7-5-8-16-13/h5,7-9H,4,6H2,1-3H3,(H,15,17,18). The third-order valence-electron chi connectivity index (χ3n) is 2.76. The predicted molar refractivity (Wildman–Crippen MR) is 73.5 cm³/mol. The van der Waals surface area contributed by atoms with Gasteiger partial charge in [-0.05, 0) is 25.0 Å². The van der Waals surface area contributed by atoms with Crippen LogP contribution in [0, 0.1) is 6.92 Å². The summed E-state index contributed by atoms with van der Waals surface area (Å²) in [4.78, 5) is 13.4. The van der Waals surface area contributed by atoms with Crippen LogP contribution in [0.5, 0.6) is 0 Å². The number of nitrogens with zero attached hydrogens (tertiary/aromatic N) is 3. The van der Waals surface area contributed by atoms with Gasteiger partial charge in [-0.1, -0.05) is 19.4 Å². The van der Waals surface area contributed by atoms with E-state index in [1.165, 1.54) is 0 Å². The Bertz CT molecular complexity index is 537. The maximum absolute atomic E-state index is 4.59. The predicted octanol–water partition coefficient (Wildman–Crippen LogP) is 2.84. The second-order valence-electron chi connectivity index (χ2n) is 4.24. The third kappa shape index (κ3) is 2.64. The molecular weight excluding hydrogens is 224 g/mol. The smallest absolute Gasteiger partial charge is 0.180 e. The Morgan fingerprint density at radius 1 is 1.28 bits per heavy atom. The van der Waals surface area contributed by atoms with E-state index in [4.69, 9.17) is 0 Å². The Labute approximate surface area is 108 Å². The summed E-state index contributed by atoms with van der Waals surface area (Å²) in [6.45, 7) is 4.17. The van der Waals surface area contributed by atoms with Crippen molar-refractivity contribution in [1.82, 2.24) is 15.0 Å². The van der Waals surface area contributed by atoms with Gasteiger partial charge in [0.05, 0.1) is 0 Å². The summed E-state index contributed by atoms with van der Waals surface area (Å²) in [6, 6.07) is 5.94. The zero-order valence-electron chi connectivity index (χ0n) is 11.1. The van der Waals surface area contributed by atoms with Gasteiger partial charge in [-0.15, -0.1) is 0 Å². The molecular formula is C14H18N4. The van der Waals surface area contributed by atoms with E-state index in [1.807, 2.05) is 32.2 Å². The average molecular weight is 242 g/mol. The highest BCUT2D eigenvalue weighted by Gasteiger charge is 2.09. The van der Waals surface area contributed by atoms with Gasteiger partial charge in [0.25, 0.3) is 0 Å². The first-order valence-electron chi connectivity index (χ1n) is 6.22. The molecule has 0 saturated heterocycles. The molecule has 4 nitrogen and oxygen atoms in total. The summed E-state index contributed by atoms with van der Waals surface area (Å²) in [5, 5.41) is 3.08. The fraction of sp³-hybridized carbons (Fsp3) is 0.357. The summed E-state index contributed by atoms with van der Waals surface area (Å²) < 4.78 is 0. The number of rotatable bonds is 4. The second-order valence-corrected chi connectivity index (χ2v) is 4.24. The molecule has 18 heavy (non-hydrogen) atoms. The highest BCUT2D eigenvalue weighted by atomic mass is 15.0. The lowest BCUT2D eigenvalue weighted by Gasteiger charge is -2.08. The van der Waals surface area contributed by atoms with E-state index in [-0.39, 0.29) is 0 Å². The second kappa shape index (κ2) is 5.58. The molecule has 2 aromatic rings. The number of aryl methyl sites for hydroxylation is 2. The molecule has 0 saturated carbocycles. The van der Waals surface area contributed by atoms with Crippen LogP contribution in [0.4, 0.5) is 5.82 Å². The van der Waals surface area contributed by atoms with Crippen LogP contribution in [0.1, 0.15) is 24.6 Å². The first-order valence-corrected chi connectivity index (χ1v) is 6.22. The number of pyridine rings is 1. The lowest BCUT2D eigenvalue weighted by atomic mass is 10.2. The maximum atomic E-state index is 4.59. The van der Waals surface area contributed by atoms with Crippen LogP contribution in [0.25, 0.3) is 11.5 Å². The van der Waals surface area contributed by atoms with Crippen molar-refractivity contribution < 1.29 is 0 Å².